The lowest BCUT2D eigenvalue weighted by molar-refractivity contribution is 0.332. The van der Waals surface area contributed by atoms with Gasteiger partial charge < -0.3 is 19.1 Å². The van der Waals surface area contributed by atoms with Gasteiger partial charge in [0.2, 0.25) is 0 Å². The Labute approximate surface area is 571 Å². The van der Waals surface area contributed by atoms with Crippen molar-refractivity contribution in [2.24, 2.45) is 0 Å². The topological polar surface area (TPSA) is 22.9 Å². The number of rotatable bonds is 6. The van der Waals surface area contributed by atoms with E-state index in [1.165, 1.54) is 117 Å². The van der Waals surface area contributed by atoms with Crippen molar-refractivity contribution < 1.29 is 4.42 Å². The van der Waals surface area contributed by atoms with Crippen LogP contribution < -0.4 is 31.3 Å². The summed E-state index contributed by atoms with van der Waals surface area (Å²) in [6.45, 7) is 53.6. The Morgan fingerprint density at radius 3 is 1.28 bits per heavy atom. The van der Waals surface area contributed by atoms with Crippen molar-refractivity contribution in [3.8, 4) is 11.1 Å². The minimum absolute atomic E-state index is 0.0146. The summed E-state index contributed by atoms with van der Waals surface area (Å²) in [6, 6.07) is 59.2. The predicted molar refractivity (Wildman–Crippen MR) is 409 cm³/mol. The van der Waals surface area contributed by atoms with Crippen LogP contribution in [0.4, 0.5) is 51.2 Å². The van der Waals surface area contributed by atoms with E-state index in [2.05, 4.69) is 313 Å². The number of anilines is 9. The van der Waals surface area contributed by atoms with E-state index < -0.39 is 0 Å². The van der Waals surface area contributed by atoms with Gasteiger partial charge >= 0.3 is 0 Å². The average molecular weight is 1260 g/mol. The van der Waals surface area contributed by atoms with Gasteiger partial charge in [0.1, 0.15) is 5.58 Å². The molecule has 4 aliphatic carbocycles. The Bertz CT molecular complexity index is 4580. The van der Waals surface area contributed by atoms with Gasteiger partial charge in [0.15, 0.2) is 0 Å². The molecule has 0 unspecified atom stereocenters. The number of benzene rings is 8. The molecule has 0 bridgehead atoms. The summed E-state index contributed by atoms with van der Waals surface area (Å²) in [5, 5.41) is 1.19. The third-order valence-electron chi connectivity index (χ3n) is 25.2. The molecule has 1 aromatic heterocycles. The first-order valence-corrected chi connectivity index (χ1v) is 36.3. The number of hydrogen-bond acceptors (Lipinski definition) is 4. The summed E-state index contributed by atoms with van der Waals surface area (Å²) in [6.07, 6.45) is 9.12. The van der Waals surface area contributed by atoms with Crippen molar-refractivity contribution in [2.75, 3.05) is 14.7 Å². The van der Waals surface area contributed by atoms with E-state index in [1.54, 1.807) is 0 Å². The first-order chi connectivity index (χ1) is 44.3. The van der Waals surface area contributed by atoms with Gasteiger partial charge in [0.25, 0.3) is 6.71 Å². The lowest BCUT2D eigenvalue weighted by atomic mass is 9.35. The van der Waals surface area contributed by atoms with E-state index in [0.29, 0.717) is 0 Å². The van der Waals surface area contributed by atoms with Crippen LogP contribution in [0.25, 0.3) is 22.1 Å². The molecule has 2 aliphatic heterocycles. The molecule has 0 spiro atoms. The van der Waals surface area contributed by atoms with Crippen molar-refractivity contribution in [3.63, 3.8) is 0 Å². The zero-order chi connectivity index (χ0) is 67.7. The molecular formula is C90H106BN3O. The second-order valence-electron chi connectivity index (χ2n) is 37.7. The highest BCUT2D eigenvalue weighted by Crippen LogP contribution is 2.58. The van der Waals surface area contributed by atoms with E-state index in [-0.39, 0.29) is 60.9 Å². The van der Waals surface area contributed by atoms with Crippen LogP contribution in [0.3, 0.4) is 0 Å². The molecule has 9 aromatic rings. The van der Waals surface area contributed by atoms with E-state index in [4.69, 9.17) is 4.42 Å². The molecule has 0 amide bonds. The highest BCUT2D eigenvalue weighted by atomic mass is 16.3. The van der Waals surface area contributed by atoms with Gasteiger partial charge in [0, 0.05) is 45.1 Å². The minimum Gasteiger partial charge on any atom is -0.468 e. The van der Waals surface area contributed by atoms with Gasteiger partial charge in [-0.05, 0) is 257 Å². The highest BCUT2D eigenvalue weighted by molar-refractivity contribution is 7.00. The molecule has 15 rings (SSSR count). The van der Waals surface area contributed by atoms with Crippen LogP contribution in [0, 0.1) is 0 Å². The molecule has 0 saturated carbocycles. The summed E-state index contributed by atoms with van der Waals surface area (Å²) in [5.74, 6) is 0. The normalized spacial score (nSPS) is 20.2. The monoisotopic (exact) mass is 1260 g/mol. The highest BCUT2D eigenvalue weighted by Gasteiger charge is 2.50. The number of furan rings is 1. The van der Waals surface area contributed by atoms with Crippen molar-refractivity contribution in [2.45, 2.75) is 258 Å². The quantitative estimate of drug-likeness (QED) is 0.155. The van der Waals surface area contributed by atoms with Gasteiger partial charge in [-0.2, -0.15) is 0 Å². The fourth-order valence-corrected chi connectivity index (χ4v) is 18.3. The van der Waals surface area contributed by atoms with Crippen LogP contribution in [0.2, 0.25) is 0 Å². The minimum atomic E-state index is -0.256. The largest absolute Gasteiger partial charge is 0.468 e. The first kappa shape index (κ1) is 63.8. The number of nitrogens with zero attached hydrogens (tertiary/aromatic N) is 3. The van der Waals surface area contributed by atoms with E-state index in [0.717, 1.165) is 79.7 Å². The summed E-state index contributed by atoms with van der Waals surface area (Å²) < 4.78 is 8.00. The Morgan fingerprint density at radius 2 is 0.789 bits per heavy atom. The van der Waals surface area contributed by atoms with Gasteiger partial charge in [-0.25, -0.2) is 0 Å². The molecule has 0 fully saturated rings. The fraction of sp³-hybridized carbons (Fsp3) is 0.444. The summed E-state index contributed by atoms with van der Waals surface area (Å²) in [7, 11) is 0. The molecule has 3 heterocycles. The van der Waals surface area contributed by atoms with Crippen LogP contribution in [-0.4, -0.2) is 6.71 Å². The van der Waals surface area contributed by atoms with E-state index in [1.807, 2.05) is 0 Å². The Kier molecular flexibility index (Phi) is 13.9. The molecule has 6 aliphatic rings. The van der Waals surface area contributed by atoms with Crippen LogP contribution in [0.5, 0.6) is 0 Å². The zero-order valence-electron chi connectivity index (χ0n) is 61.8. The molecule has 0 saturated heterocycles. The van der Waals surface area contributed by atoms with Crippen molar-refractivity contribution >= 4 is 85.5 Å². The third kappa shape index (κ3) is 9.99. The Balaban J connectivity index is 1.13. The van der Waals surface area contributed by atoms with Gasteiger partial charge in [-0.1, -0.05) is 219 Å². The maximum absolute atomic E-state index is 8.00. The lowest BCUT2D eigenvalue weighted by Gasteiger charge is -2.46. The first-order valence-electron chi connectivity index (χ1n) is 36.3. The van der Waals surface area contributed by atoms with E-state index >= 15 is 0 Å². The maximum Gasteiger partial charge on any atom is 0.297 e. The Hall–Kier alpha value is -7.24. The molecule has 0 atom stereocenters. The molecule has 490 valence electrons. The molecule has 0 radical (unpaired) electrons. The summed E-state index contributed by atoms with van der Waals surface area (Å²) >= 11 is 0. The smallest absolute Gasteiger partial charge is 0.297 e. The van der Waals surface area contributed by atoms with Crippen LogP contribution in [0.1, 0.15) is 259 Å². The third-order valence-corrected chi connectivity index (χ3v) is 25.2. The van der Waals surface area contributed by atoms with E-state index in [9.17, 15) is 0 Å². The second kappa shape index (κ2) is 20.7. The SMILES string of the molecule is CC(C)(C)c1ccc2c(c1)B1c3oc4cc5c(cc4c3N(c3ccc4c(c3)C(C)(C)CCC4(C)C)c3cc(N(c4ccc6c(c4)C(C)(C)CCC6(C)C)c4ccc6c(c4)C(C)(C)CCC6(C)C)cc(c31)N2c1ccc(C(C)(C)C)cc1-c1ccccc1)C(C)(C)CCC5(C)C. The molecule has 8 aromatic carbocycles. The fourth-order valence-electron chi connectivity index (χ4n) is 18.3. The van der Waals surface area contributed by atoms with Crippen LogP contribution in [-0.2, 0) is 54.1 Å². The average Bonchev–Trinajstić information content (AvgIpc) is 1.68. The van der Waals surface area contributed by atoms with Crippen molar-refractivity contribution in [1.29, 1.82) is 0 Å². The van der Waals surface area contributed by atoms with Crippen LogP contribution >= 0.6 is 0 Å². The van der Waals surface area contributed by atoms with Crippen molar-refractivity contribution in [3.05, 3.63) is 201 Å². The molecule has 4 nitrogen and oxygen atoms in total. The Morgan fingerprint density at radius 1 is 0.368 bits per heavy atom. The lowest BCUT2D eigenvalue weighted by Crippen LogP contribution is -2.61. The second-order valence-corrected chi connectivity index (χ2v) is 37.7. The molecule has 95 heavy (non-hydrogen) atoms. The van der Waals surface area contributed by atoms with Crippen LogP contribution in [0.15, 0.2) is 150 Å². The number of hydrogen-bond donors (Lipinski definition) is 0. The standard InChI is InChI=1S/C90H106BN3O/c1-81(2,3)56-28-36-73(62(46-56)55-26-24-23-25-27-55)94-74-37-29-57(82(4,5)6)47-72(74)91-78-75(93(60-32-35-66-69(50-60)88(17,18)43-40-85(66,11)12)79-63-53-70-71(54-77(63)95-80(79)91)90(21,22)45-44-89(70,19)20)51-61(52-76(78)94)92(58-30-33-64-67(48-58)86(13,14)41-38-83(64,7)8)59-31-34-65-68(49-59)87(15,16)42-39-84(65,9)10/h23-37,46-54H,38-45H2,1-22H3. The summed E-state index contributed by atoms with van der Waals surface area (Å²) in [4.78, 5) is 8.09. The van der Waals surface area contributed by atoms with Gasteiger partial charge in [-0.3, -0.25) is 0 Å². The summed E-state index contributed by atoms with van der Waals surface area (Å²) in [5.41, 5.74) is 31.5. The zero-order valence-corrected chi connectivity index (χ0v) is 61.8. The molecule has 0 N–H and O–H groups in total. The van der Waals surface area contributed by atoms with Gasteiger partial charge in [0.05, 0.1) is 22.7 Å². The predicted octanol–water partition coefficient (Wildman–Crippen LogP) is 23.6. The van der Waals surface area contributed by atoms with Crippen molar-refractivity contribution in [1.82, 2.24) is 0 Å². The molecule has 5 heteroatoms. The molecular weight excluding hydrogens is 1150 g/mol. The maximum atomic E-state index is 8.00. The van der Waals surface area contributed by atoms with Gasteiger partial charge in [-0.15, -0.1) is 0 Å². The number of fused-ring (bicyclic) bond motifs is 10.